The second-order valence-electron chi connectivity index (χ2n) is 7.95. The topological polar surface area (TPSA) is 99.5 Å². The molecule has 3 saturated heterocycles. The molecule has 2 spiro atoms. The van der Waals surface area contributed by atoms with Crippen LogP contribution >= 0.6 is 0 Å². The van der Waals surface area contributed by atoms with Crippen molar-refractivity contribution in [2.24, 2.45) is 0 Å². The third kappa shape index (κ3) is 1.31. The van der Waals surface area contributed by atoms with Gasteiger partial charge in [-0.15, -0.1) is 0 Å². The van der Waals surface area contributed by atoms with Crippen molar-refractivity contribution in [1.82, 2.24) is 9.80 Å². The van der Waals surface area contributed by atoms with Crippen molar-refractivity contribution < 1.29 is 29.3 Å². The Morgan fingerprint density at radius 2 is 1.25 bits per heavy atom. The lowest BCUT2D eigenvalue weighted by atomic mass is 9.65. The lowest BCUT2D eigenvalue weighted by Gasteiger charge is -2.64. The first-order valence-electron chi connectivity index (χ1n) is 8.58. The summed E-state index contributed by atoms with van der Waals surface area (Å²) in [5.41, 5.74) is -2.21. The number of aliphatic hydroxyl groups is 2. The van der Waals surface area contributed by atoms with Gasteiger partial charge >= 0.3 is 0 Å². The predicted octanol–water partition coefficient (Wildman–Crippen LogP) is -1.06. The van der Waals surface area contributed by atoms with Crippen LogP contribution in [0.15, 0.2) is 0 Å². The van der Waals surface area contributed by atoms with Gasteiger partial charge in [0.05, 0.1) is 25.2 Å². The summed E-state index contributed by atoms with van der Waals surface area (Å²) in [5, 5.41) is 22.5. The SMILES string of the molecule is CC(=O)N1CC2(O)OC34CCC3N(C(C)=O)CC4(O)OC23CCC13. The van der Waals surface area contributed by atoms with Crippen LogP contribution in [-0.2, 0) is 19.1 Å². The van der Waals surface area contributed by atoms with E-state index in [1.807, 2.05) is 0 Å². The molecule has 2 saturated carbocycles. The van der Waals surface area contributed by atoms with Crippen molar-refractivity contribution in [2.45, 2.75) is 74.4 Å². The summed E-state index contributed by atoms with van der Waals surface area (Å²) in [5.74, 6) is -3.56. The molecular weight excluding hydrogens is 316 g/mol. The second-order valence-corrected chi connectivity index (χ2v) is 7.95. The maximum absolute atomic E-state index is 11.9. The zero-order valence-corrected chi connectivity index (χ0v) is 13.8. The van der Waals surface area contributed by atoms with Crippen LogP contribution in [0.5, 0.6) is 0 Å². The lowest BCUT2D eigenvalue weighted by Crippen LogP contribution is -2.81. The molecule has 0 radical (unpaired) electrons. The summed E-state index contributed by atoms with van der Waals surface area (Å²) in [4.78, 5) is 27.0. The van der Waals surface area contributed by atoms with Gasteiger partial charge in [0, 0.05) is 13.8 Å². The van der Waals surface area contributed by atoms with E-state index in [4.69, 9.17) is 9.47 Å². The van der Waals surface area contributed by atoms with Gasteiger partial charge in [-0.3, -0.25) is 9.59 Å². The summed E-state index contributed by atoms with van der Waals surface area (Å²) in [7, 11) is 0. The minimum absolute atomic E-state index is 0.0393. The molecule has 3 heterocycles. The van der Waals surface area contributed by atoms with Gasteiger partial charge in [-0.2, -0.15) is 0 Å². The highest BCUT2D eigenvalue weighted by Gasteiger charge is 2.84. The highest BCUT2D eigenvalue weighted by Crippen LogP contribution is 2.66. The first-order valence-corrected chi connectivity index (χ1v) is 8.58. The monoisotopic (exact) mass is 338 g/mol. The molecule has 132 valence electrons. The van der Waals surface area contributed by atoms with E-state index in [0.29, 0.717) is 25.7 Å². The van der Waals surface area contributed by atoms with Gasteiger partial charge in [0.15, 0.2) is 0 Å². The van der Waals surface area contributed by atoms with Gasteiger partial charge in [-0.25, -0.2) is 0 Å². The number of hydrogen-bond acceptors (Lipinski definition) is 6. The van der Waals surface area contributed by atoms with Gasteiger partial charge in [-0.1, -0.05) is 0 Å². The number of carbonyl (C=O) groups excluding carboxylic acids is 2. The van der Waals surface area contributed by atoms with E-state index >= 15 is 0 Å². The van der Waals surface area contributed by atoms with Crippen molar-refractivity contribution in [3.8, 4) is 0 Å². The van der Waals surface area contributed by atoms with Gasteiger partial charge in [-0.05, 0) is 25.7 Å². The highest BCUT2D eigenvalue weighted by molar-refractivity contribution is 5.76. The number of hydrogen-bond donors (Lipinski definition) is 2. The number of carbonyl (C=O) groups is 2. The molecule has 0 aromatic heterocycles. The zero-order chi connectivity index (χ0) is 17.1. The van der Waals surface area contributed by atoms with E-state index in [1.165, 1.54) is 13.8 Å². The quantitative estimate of drug-likeness (QED) is 0.584. The fourth-order valence-corrected chi connectivity index (χ4v) is 5.65. The van der Waals surface area contributed by atoms with Gasteiger partial charge in [0.25, 0.3) is 0 Å². The number of likely N-dealkylation sites (tertiary alicyclic amines) is 2. The maximum atomic E-state index is 11.9. The van der Waals surface area contributed by atoms with Crippen LogP contribution in [0.1, 0.15) is 39.5 Å². The lowest BCUT2D eigenvalue weighted by molar-refractivity contribution is -0.489. The highest BCUT2D eigenvalue weighted by atomic mass is 16.8. The molecule has 6 atom stereocenters. The fraction of sp³-hybridized carbons (Fsp3) is 0.875. The van der Waals surface area contributed by atoms with Crippen molar-refractivity contribution in [3.05, 3.63) is 0 Å². The van der Waals surface area contributed by atoms with Crippen molar-refractivity contribution >= 4 is 11.8 Å². The third-order valence-corrected chi connectivity index (χ3v) is 7.01. The molecule has 0 bridgehead atoms. The molecule has 2 amide bonds. The van der Waals surface area contributed by atoms with Crippen LogP contribution in [0.4, 0.5) is 0 Å². The van der Waals surface area contributed by atoms with Crippen LogP contribution in [0.2, 0.25) is 0 Å². The van der Waals surface area contributed by atoms with E-state index in [2.05, 4.69) is 0 Å². The minimum atomic E-state index is -1.64. The fourth-order valence-electron chi connectivity index (χ4n) is 5.65. The van der Waals surface area contributed by atoms with E-state index < -0.39 is 22.8 Å². The Balaban J connectivity index is 1.58. The van der Waals surface area contributed by atoms with Crippen molar-refractivity contribution in [2.75, 3.05) is 13.1 Å². The first-order chi connectivity index (χ1) is 11.2. The Morgan fingerprint density at radius 1 is 0.875 bits per heavy atom. The molecule has 0 aromatic rings. The molecule has 5 aliphatic rings. The molecule has 3 aliphatic heterocycles. The maximum Gasteiger partial charge on any atom is 0.219 e. The molecule has 8 nitrogen and oxygen atoms in total. The summed E-state index contributed by atoms with van der Waals surface area (Å²) < 4.78 is 12.4. The molecule has 2 N–H and O–H groups in total. The van der Waals surface area contributed by atoms with E-state index in [-0.39, 0.29) is 37.0 Å². The first kappa shape index (κ1) is 15.1. The molecule has 6 unspecified atom stereocenters. The molecule has 2 aliphatic carbocycles. The van der Waals surface area contributed by atoms with Gasteiger partial charge in [0.2, 0.25) is 23.4 Å². The van der Waals surface area contributed by atoms with Crippen molar-refractivity contribution in [3.63, 3.8) is 0 Å². The van der Waals surface area contributed by atoms with Gasteiger partial charge < -0.3 is 29.5 Å². The summed E-state index contributed by atoms with van der Waals surface area (Å²) >= 11 is 0. The largest absolute Gasteiger partial charge is 0.362 e. The zero-order valence-electron chi connectivity index (χ0n) is 13.8. The Bertz CT molecular complexity index is 615. The average molecular weight is 338 g/mol. The molecular formula is C16H22N2O6. The third-order valence-electron chi connectivity index (χ3n) is 7.01. The Labute approximate surface area is 139 Å². The molecule has 0 aromatic carbocycles. The molecule has 8 heteroatoms. The molecule has 24 heavy (non-hydrogen) atoms. The van der Waals surface area contributed by atoms with Crippen LogP contribution in [-0.4, -0.2) is 79.8 Å². The van der Waals surface area contributed by atoms with Crippen LogP contribution in [0, 0.1) is 0 Å². The number of amides is 2. The van der Waals surface area contributed by atoms with Crippen LogP contribution < -0.4 is 0 Å². The van der Waals surface area contributed by atoms with E-state index in [9.17, 15) is 19.8 Å². The summed E-state index contributed by atoms with van der Waals surface area (Å²) in [6.07, 6.45) is 2.44. The van der Waals surface area contributed by atoms with Crippen LogP contribution in [0.25, 0.3) is 0 Å². The number of nitrogens with zero attached hydrogens (tertiary/aromatic N) is 2. The van der Waals surface area contributed by atoms with E-state index in [1.54, 1.807) is 9.80 Å². The average Bonchev–Trinajstić information content (AvgIpc) is 2.71. The van der Waals surface area contributed by atoms with Crippen molar-refractivity contribution in [1.29, 1.82) is 0 Å². The molecule has 5 fully saturated rings. The van der Waals surface area contributed by atoms with E-state index in [0.717, 1.165) is 0 Å². The number of β-amino-alcohol motifs (C(OH)–C–C–N with tert-alkyl or cyclic N) is 2. The van der Waals surface area contributed by atoms with Gasteiger partial charge in [0.1, 0.15) is 11.2 Å². The summed E-state index contributed by atoms with van der Waals surface area (Å²) in [6.45, 7) is 3.00. The molecule has 5 rings (SSSR count). The Hall–Kier alpha value is -1.22. The Morgan fingerprint density at radius 3 is 1.50 bits per heavy atom. The predicted molar refractivity (Wildman–Crippen MR) is 78.3 cm³/mol. The Kier molecular flexibility index (Phi) is 2.48. The smallest absolute Gasteiger partial charge is 0.219 e. The normalized spacial score (nSPS) is 54.2. The standard InChI is InChI=1S/C16H22N2O6/c1-9(19)17-7-15(21)13(5-3-11(13)17)23-16(22)8-18(10(2)20)12-4-6-14(12,16)24-15/h11-12,21-22H,3-8H2,1-2H3. The number of rotatable bonds is 0. The summed E-state index contributed by atoms with van der Waals surface area (Å²) in [6, 6.07) is -0.599. The number of ether oxygens (including phenoxy) is 2. The minimum Gasteiger partial charge on any atom is -0.362 e. The van der Waals surface area contributed by atoms with Crippen LogP contribution in [0.3, 0.4) is 0 Å². The second kappa shape index (κ2) is 3.95.